The van der Waals surface area contributed by atoms with Crippen LogP contribution in [0.5, 0.6) is 0 Å². The van der Waals surface area contributed by atoms with Gasteiger partial charge in [-0.3, -0.25) is 9.48 Å². The molecule has 0 aliphatic carbocycles. The molecule has 9 heteroatoms. The Morgan fingerprint density at radius 1 is 1.33 bits per heavy atom. The zero-order chi connectivity index (χ0) is 17.5. The lowest BCUT2D eigenvalue weighted by atomic mass is 10.2. The molecule has 1 N–H and O–H groups in total. The Bertz CT molecular complexity index is 888. The number of para-hydroxylation sites is 1. The van der Waals surface area contributed by atoms with E-state index in [2.05, 4.69) is 10.4 Å². The highest BCUT2D eigenvalue weighted by Gasteiger charge is 2.31. The molecular weight excluding hydrogens is 340 g/mol. The Balaban J connectivity index is 1.85. The average molecular weight is 355 g/mol. The summed E-state index contributed by atoms with van der Waals surface area (Å²) in [7, 11) is -3.09. The quantitative estimate of drug-likeness (QED) is 0.914. The third-order valence-corrected chi connectivity index (χ3v) is 5.80. The maximum Gasteiger partial charge on any atom is 0.259 e. The van der Waals surface area contributed by atoms with Crippen LogP contribution < -0.4 is 5.32 Å². The van der Waals surface area contributed by atoms with Crippen molar-refractivity contribution in [3.8, 4) is 0 Å². The molecule has 128 valence electrons. The Kier molecular flexibility index (Phi) is 4.12. The van der Waals surface area contributed by atoms with E-state index in [9.17, 15) is 22.0 Å². The van der Waals surface area contributed by atoms with E-state index in [1.807, 2.05) is 0 Å². The molecule has 24 heavy (non-hydrogen) atoms. The van der Waals surface area contributed by atoms with Crippen LogP contribution in [0, 0.1) is 18.6 Å². The van der Waals surface area contributed by atoms with E-state index >= 15 is 0 Å². The van der Waals surface area contributed by atoms with E-state index in [-0.39, 0.29) is 23.1 Å². The lowest BCUT2D eigenvalue weighted by Crippen LogP contribution is -2.17. The summed E-state index contributed by atoms with van der Waals surface area (Å²) in [6.45, 7) is 1.62. The summed E-state index contributed by atoms with van der Waals surface area (Å²) in [5.41, 5.74) is 0.0615. The lowest BCUT2D eigenvalue weighted by molar-refractivity contribution is 0.102. The largest absolute Gasteiger partial charge is 0.317 e. The van der Waals surface area contributed by atoms with E-state index < -0.39 is 33.1 Å². The number of carbonyl (C=O) groups is 1. The fraction of sp³-hybridized carbons (Fsp3) is 0.333. The second kappa shape index (κ2) is 5.97. The number of benzene rings is 1. The van der Waals surface area contributed by atoms with Crippen molar-refractivity contribution in [3.05, 3.63) is 47.3 Å². The molecule has 6 nitrogen and oxygen atoms in total. The molecule has 0 spiro atoms. The molecule has 1 atom stereocenters. The first-order valence-corrected chi connectivity index (χ1v) is 9.10. The highest BCUT2D eigenvalue weighted by Crippen LogP contribution is 2.26. The molecule has 2 heterocycles. The number of hydrogen-bond acceptors (Lipinski definition) is 4. The minimum Gasteiger partial charge on any atom is -0.317 e. The second-order valence-corrected chi connectivity index (χ2v) is 7.92. The van der Waals surface area contributed by atoms with Gasteiger partial charge in [0.25, 0.3) is 5.91 Å². The maximum atomic E-state index is 13.6. The molecule has 0 saturated carbocycles. The van der Waals surface area contributed by atoms with Crippen LogP contribution in [0.25, 0.3) is 0 Å². The number of sulfone groups is 1. The molecule has 1 aliphatic heterocycles. The highest BCUT2D eigenvalue weighted by atomic mass is 32.2. The summed E-state index contributed by atoms with van der Waals surface area (Å²) in [4.78, 5) is 12.3. The van der Waals surface area contributed by atoms with Gasteiger partial charge in [-0.05, 0) is 25.5 Å². The number of rotatable bonds is 3. The number of aromatic nitrogens is 2. The van der Waals surface area contributed by atoms with Crippen molar-refractivity contribution in [2.24, 2.45) is 0 Å². The average Bonchev–Trinajstić information content (AvgIpc) is 3.05. The van der Waals surface area contributed by atoms with Crippen LogP contribution in [0.2, 0.25) is 0 Å². The number of anilines is 1. The first kappa shape index (κ1) is 16.6. The number of nitrogens with zero attached hydrogens (tertiary/aromatic N) is 2. The molecule has 1 aromatic carbocycles. The van der Waals surface area contributed by atoms with Crippen molar-refractivity contribution in [1.29, 1.82) is 0 Å². The van der Waals surface area contributed by atoms with Crippen LogP contribution >= 0.6 is 0 Å². The summed E-state index contributed by atoms with van der Waals surface area (Å²) >= 11 is 0. The molecular formula is C15H15F2N3O3S. The van der Waals surface area contributed by atoms with Gasteiger partial charge in [-0.15, -0.1) is 0 Å². The van der Waals surface area contributed by atoms with Crippen LogP contribution in [0.3, 0.4) is 0 Å². The second-order valence-electron chi connectivity index (χ2n) is 5.70. The van der Waals surface area contributed by atoms with Crippen LogP contribution in [0.15, 0.2) is 24.4 Å². The Morgan fingerprint density at radius 3 is 2.58 bits per heavy atom. The van der Waals surface area contributed by atoms with Crippen LogP contribution in [0.4, 0.5) is 14.5 Å². The number of amides is 1. The third kappa shape index (κ3) is 3.03. The SMILES string of the molecule is Cc1c(C(=O)Nc2c(F)cccc2F)cnn1C1CCS(=O)(=O)C1. The molecule has 1 unspecified atom stereocenters. The highest BCUT2D eigenvalue weighted by molar-refractivity contribution is 7.91. The minimum absolute atomic E-state index is 0.0292. The predicted octanol–water partition coefficient (Wildman–Crippen LogP) is 2.08. The van der Waals surface area contributed by atoms with Gasteiger partial charge in [0.05, 0.1) is 29.3 Å². The molecule has 1 aromatic heterocycles. The van der Waals surface area contributed by atoms with E-state index in [4.69, 9.17) is 0 Å². The first-order valence-electron chi connectivity index (χ1n) is 7.28. The van der Waals surface area contributed by atoms with E-state index in [1.54, 1.807) is 6.92 Å². The van der Waals surface area contributed by atoms with Crippen molar-refractivity contribution in [2.45, 2.75) is 19.4 Å². The van der Waals surface area contributed by atoms with E-state index in [0.29, 0.717) is 12.1 Å². The van der Waals surface area contributed by atoms with E-state index in [1.165, 1.54) is 16.9 Å². The van der Waals surface area contributed by atoms with Gasteiger partial charge in [0.1, 0.15) is 17.3 Å². The summed E-state index contributed by atoms with van der Waals surface area (Å²) in [5, 5.41) is 6.27. The number of nitrogens with one attached hydrogen (secondary N) is 1. The van der Waals surface area contributed by atoms with Crippen molar-refractivity contribution in [2.75, 3.05) is 16.8 Å². The van der Waals surface area contributed by atoms with Gasteiger partial charge < -0.3 is 5.32 Å². The maximum absolute atomic E-state index is 13.6. The monoisotopic (exact) mass is 355 g/mol. The normalized spacial score (nSPS) is 19.4. The Labute approximate surface area is 137 Å². The molecule has 0 radical (unpaired) electrons. The van der Waals surface area contributed by atoms with Crippen molar-refractivity contribution in [3.63, 3.8) is 0 Å². The van der Waals surface area contributed by atoms with Crippen molar-refractivity contribution < 1.29 is 22.0 Å². The standard InChI is InChI=1S/C15H15F2N3O3S/c1-9-11(7-18-20(9)10-5-6-24(22,23)8-10)15(21)19-14-12(16)3-2-4-13(14)17/h2-4,7,10H,5-6,8H2,1H3,(H,19,21). The molecule has 2 aromatic rings. The molecule has 0 bridgehead atoms. The van der Waals surface area contributed by atoms with Gasteiger partial charge in [-0.2, -0.15) is 5.10 Å². The fourth-order valence-electron chi connectivity index (χ4n) is 2.78. The smallest absolute Gasteiger partial charge is 0.259 e. The number of carbonyl (C=O) groups excluding carboxylic acids is 1. The summed E-state index contributed by atoms with van der Waals surface area (Å²) in [6.07, 6.45) is 1.70. The summed E-state index contributed by atoms with van der Waals surface area (Å²) in [5.74, 6) is -2.41. The van der Waals surface area contributed by atoms with Gasteiger partial charge in [0, 0.05) is 5.69 Å². The molecule has 1 amide bonds. The van der Waals surface area contributed by atoms with Gasteiger partial charge in [0.2, 0.25) is 0 Å². The van der Waals surface area contributed by atoms with Gasteiger partial charge >= 0.3 is 0 Å². The third-order valence-electron chi connectivity index (χ3n) is 4.04. The molecule has 1 fully saturated rings. The van der Waals surface area contributed by atoms with Crippen LogP contribution in [-0.4, -0.2) is 35.6 Å². The van der Waals surface area contributed by atoms with Crippen LogP contribution in [-0.2, 0) is 9.84 Å². The Morgan fingerprint density at radius 2 is 2.00 bits per heavy atom. The minimum atomic E-state index is -3.09. The number of halogens is 2. The van der Waals surface area contributed by atoms with Gasteiger partial charge in [-0.1, -0.05) is 6.07 Å². The lowest BCUT2D eigenvalue weighted by Gasteiger charge is -2.12. The van der Waals surface area contributed by atoms with Crippen molar-refractivity contribution >= 4 is 21.4 Å². The summed E-state index contributed by atoms with van der Waals surface area (Å²) in [6, 6.07) is 2.95. The number of hydrogen-bond donors (Lipinski definition) is 1. The zero-order valence-corrected chi connectivity index (χ0v) is 13.6. The van der Waals surface area contributed by atoms with Gasteiger partial charge in [-0.25, -0.2) is 17.2 Å². The Hall–Kier alpha value is -2.29. The van der Waals surface area contributed by atoms with E-state index in [0.717, 1.165) is 12.1 Å². The fourth-order valence-corrected chi connectivity index (χ4v) is 4.47. The molecule has 1 aliphatic rings. The first-order chi connectivity index (χ1) is 11.3. The molecule has 1 saturated heterocycles. The topological polar surface area (TPSA) is 81.1 Å². The predicted molar refractivity (Wildman–Crippen MR) is 83.6 cm³/mol. The van der Waals surface area contributed by atoms with Gasteiger partial charge in [0.15, 0.2) is 9.84 Å². The summed E-state index contributed by atoms with van der Waals surface area (Å²) < 4.78 is 51.9. The molecule has 3 rings (SSSR count). The zero-order valence-electron chi connectivity index (χ0n) is 12.8. The van der Waals surface area contributed by atoms with Crippen LogP contribution in [0.1, 0.15) is 28.5 Å². The van der Waals surface area contributed by atoms with Crippen molar-refractivity contribution in [1.82, 2.24) is 9.78 Å².